The lowest BCUT2D eigenvalue weighted by Crippen LogP contribution is -2.43. The van der Waals surface area contributed by atoms with Gasteiger partial charge in [-0.05, 0) is 50.3 Å². The summed E-state index contributed by atoms with van der Waals surface area (Å²) in [6, 6.07) is 7.80. The molecular weight excluding hydrogens is 264 g/mol. The quantitative estimate of drug-likeness (QED) is 0.907. The van der Waals surface area contributed by atoms with E-state index >= 15 is 0 Å². The molecular formula is C17H26N2O2. The van der Waals surface area contributed by atoms with Crippen molar-refractivity contribution in [2.45, 2.75) is 51.7 Å². The molecule has 1 saturated heterocycles. The van der Waals surface area contributed by atoms with Crippen LogP contribution in [0, 0.1) is 0 Å². The fourth-order valence-corrected chi connectivity index (χ4v) is 2.66. The van der Waals surface area contributed by atoms with E-state index in [9.17, 15) is 4.79 Å². The van der Waals surface area contributed by atoms with Crippen molar-refractivity contribution in [3.8, 4) is 5.75 Å². The lowest BCUT2D eigenvalue weighted by molar-refractivity contribution is -0.138. The molecule has 4 nitrogen and oxygen atoms in total. The molecule has 0 saturated carbocycles. The first-order chi connectivity index (χ1) is 10.1. The van der Waals surface area contributed by atoms with Crippen molar-refractivity contribution in [1.29, 1.82) is 0 Å². The first-order valence-corrected chi connectivity index (χ1v) is 7.92. The van der Waals surface area contributed by atoms with Gasteiger partial charge in [0.05, 0.1) is 0 Å². The van der Waals surface area contributed by atoms with Crippen molar-refractivity contribution >= 4 is 5.91 Å². The van der Waals surface area contributed by atoms with Gasteiger partial charge in [-0.1, -0.05) is 19.1 Å². The number of ether oxygens (including phenoxy) is 1. The molecule has 21 heavy (non-hydrogen) atoms. The van der Waals surface area contributed by atoms with Gasteiger partial charge in [-0.2, -0.15) is 0 Å². The van der Waals surface area contributed by atoms with Gasteiger partial charge in [-0.25, -0.2) is 0 Å². The predicted octanol–water partition coefficient (Wildman–Crippen LogP) is 2.88. The molecule has 0 bridgehead atoms. The predicted molar refractivity (Wildman–Crippen MR) is 84.2 cm³/mol. The van der Waals surface area contributed by atoms with Crippen molar-refractivity contribution in [1.82, 2.24) is 4.90 Å². The first-order valence-electron chi connectivity index (χ1n) is 7.92. The minimum absolute atomic E-state index is 0.0615. The Balaban J connectivity index is 1.92. The summed E-state index contributed by atoms with van der Waals surface area (Å²) >= 11 is 0. The van der Waals surface area contributed by atoms with Gasteiger partial charge in [0, 0.05) is 19.1 Å². The number of hydrogen-bond acceptors (Lipinski definition) is 3. The molecule has 1 aliphatic rings. The number of piperidine rings is 1. The Morgan fingerprint density at radius 1 is 1.24 bits per heavy atom. The van der Waals surface area contributed by atoms with Crippen LogP contribution >= 0.6 is 0 Å². The Morgan fingerprint density at radius 2 is 1.86 bits per heavy atom. The minimum atomic E-state index is -0.436. The zero-order valence-electron chi connectivity index (χ0n) is 13.0. The number of benzene rings is 1. The van der Waals surface area contributed by atoms with Crippen molar-refractivity contribution in [3.05, 3.63) is 29.8 Å². The molecule has 1 unspecified atom stereocenters. The zero-order chi connectivity index (χ0) is 15.2. The molecule has 1 aromatic carbocycles. The fourth-order valence-electron chi connectivity index (χ4n) is 2.66. The lowest BCUT2D eigenvalue weighted by atomic mass is 10.1. The van der Waals surface area contributed by atoms with Crippen LogP contribution in [0.3, 0.4) is 0 Å². The van der Waals surface area contributed by atoms with Crippen LogP contribution in [0.4, 0.5) is 0 Å². The van der Waals surface area contributed by atoms with Crippen LogP contribution in [0.5, 0.6) is 5.75 Å². The molecule has 1 amide bonds. The highest BCUT2D eigenvalue weighted by Gasteiger charge is 2.23. The lowest BCUT2D eigenvalue weighted by Gasteiger charge is -2.29. The van der Waals surface area contributed by atoms with Gasteiger partial charge in [-0.15, -0.1) is 0 Å². The topological polar surface area (TPSA) is 55.6 Å². The molecule has 2 atom stereocenters. The second-order valence-electron chi connectivity index (χ2n) is 5.73. The average molecular weight is 290 g/mol. The van der Waals surface area contributed by atoms with Crippen molar-refractivity contribution in [3.63, 3.8) is 0 Å². The van der Waals surface area contributed by atoms with E-state index in [4.69, 9.17) is 10.5 Å². The maximum atomic E-state index is 12.3. The van der Waals surface area contributed by atoms with Gasteiger partial charge in [0.2, 0.25) is 0 Å². The maximum Gasteiger partial charge on any atom is 0.263 e. The first kappa shape index (κ1) is 15.8. The molecule has 1 heterocycles. The van der Waals surface area contributed by atoms with Crippen LogP contribution in [0.25, 0.3) is 0 Å². The third kappa shape index (κ3) is 4.21. The van der Waals surface area contributed by atoms with E-state index in [1.165, 1.54) is 6.42 Å². The molecule has 0 radical (unpaired) electrons. The van der Waals surface area contributed by atoms with E-state index in [0.29, 0.717) is 0 Å². The molecule has 1 aliphatic heterocycles. The molecule has 2 rings (SSSR count). The van der Waals surface area contributed by atoms with Crippen molar-refractivity contribution in [2.24, 2.45) is 5.73 Å². The van der Waals surface area contributed by atoms with Crippen molar-refractivity contribution < 1.29 is 9.53 Å². The number of carbonyl (C=O) groups excluding carboxylic acids is 1. The molecule has 0 spiro atoms. The zero-order valence-corrected chi connectivity index (χ0v) is 13.0. The molecule has 4 heteroatoms. The van der Waals surface area contributed by atoms with Crippen LogP contribution < -0.4 is 10.5 Å². The van der Waals surface area contributed by atoms with Gasteiger partial charge in [-0.3, -0.25) is 4.79 Å². The van der Waals surface area contributed by atoms with E-state index in [2.05, 4.69) is 6.92 Å². The van der Waals surface area contributed by atoms with Gasteiger partial charge < -0.3 is 15.4 Å². The summed E-state index contributed by atoms with van der Waals surface area (Å²) in [4.78, 5) is 14.2. The second kappa shape index (κ2) is 7.46. The maximum absolute atomic E-state index is 12.3. The van der Waals surface area contributed by atoms with Crippen LogP contribution in [0.15, 0.2) is 24.3 Å². The van der Waals surface area contributed by atoms with Crippen LogP contribution in [0.2, 0.25) is 0 Å². The monoisotopic (exact) mass is 290 g/mol. The molecule has 1 fully saturated rings. The summed E-state index contributed by atoms with van der Waals surface area (Å²) < 4.78 is 5.77. The van der Waals surface area contributed by atoms with E-state index in [1.807, 2.05) is 36.1 Å². The van der Waals surface area contributed by atoms with E-state index in [1.54, 1.807) is 0 Å². The standard InChI is InChI=1S/C17H26N2O2/c1-3-16(18)14-7-9-15(10-8-14)21-13(2)17(20)19-11-5-4-6-12-19/h7-10,13,16H,3-6,11-12,18H2,1-2H3/t13?,16-/m1/s1. The Hall–Kier alpha value is -1.55. The highest BCUT2D eigenvalue weighted by Crippen LogP contribution is 2.20. The molecule has 2 N–H and O–H groups in total. The average Bonchev–Trinajstić information content (AvgIpc) is 2.55. The number of hydrogen-bond donors (Lipinski definition) is 1. The number of amides is 1. The van der Waals surface area contributed by atoms with Gasteiger partial charge in [0.15, 0.2) is 6.10 Å². The summed E-state index contributed by atoms with van der Waals surface area (Å²) in [5.74, 6) is 0.809. The van der Waals surface area contributed by atoms with Crippen LogP contribution in [-0.2, 0) is 4.79 Å². The van der Waals surface area contributed by atoms with E-state index in [-0.39, 0.29) is 11.9 Å². The number of carbonyl (C=O) groups is 1. The number of rotatable bonds is 5. The second-order valence-corrected chi connectivity index (χ2v) is 5.73. The van der Waals surface area contributed by atoms with Crippen LogP contribution in [-0.4, -0.2) is 30.0 Å². The summed E-state index contributed by atoms with van der Waals surface area (Å²) in [6.07, 6.45) is 3.89. The largest absolute Gasteiger partial charge is 0.481 e. The van der Waals surface area contributed by atoms with Gasteiger partial charge in [0.1, 0.15) is 5.75 Å². The Labute approximate surface area is 127 Å². The highest BCUT2D eigenvalue weighted by molar-refractivity contribution is 5.81. The van der Waals surface area contributed by atoms with Crippen molar-refractivity contribution in [2.75, 3.05) is 13.1 Å². The molecule has 116 valence electrons. The summed E-state index contributed by atoms with van der Waals surface area (Å²) in [5, 5.41) is 0. The summed E-state index contributed by atoms with van der Waals surface area (Å²) in [7, 11) is 0. The smallest absolute Gasteiger partial charge is 0.263 e. The molecule has 0 aliphatic carbocycles. The Bertz CT molecular complexity index is 452. The normalized spacial score (nSPS) is 18.1. The number of nitrogens with zero attached hydrogens (tertiary/aromatic N) is 1. The molecule has 0 aromatic heterocycles. The van der Waals surface area contributed by atoms with Gasteiger partial charge >= 0.3 is 0 Å². The fraction of sp³-hybridized carbons (Fsp3) is 0.588. The van der Waals surface area contributed by atoms with E-state index < -0.39 is 6.10 Å². The number of nitrogens with two attached hydrogens (primary N) is 1. The minimum Gasteiger partial charge on any atom is -0.481 e. The Kier molecular flexibility index (Phi) is 5.62. The highest BCUT2D eigenvalue weighted by atomic mass is 16.5. The summed E-state index contributed by atoms with van der Waals surface area (Å²) in [5.41, 5.74) is 7.09. The summed E-state index contributed by atoms with van der Waals surface area (Å²) in [6.45, 7) is 5.60. The molecule has 1 aromatic rings. The Morgan fingerprint density at radius 3 is 2.43 bits per heavy atom. The van der Waals surface area contributed by atoms with E-state index in [0.717, 1.165) is 43.7 Å². The van der Waals surface area contributed by atoms with Crippen LogP contribution in [0.1, 0.15) is 51.1 Å². The SMILES string of the molecule is CC[C@@H](N)c1ccc(OC(C)C(=O)N2CCCCC2)cc1. The third-order valence-corrected chi connectivity index (χ3v) is 4.08. The third-order valence-electron chi connectivity index (χ3n) is 4.08. The van der Waals surface area contributed by atoms with Gasteiger partial charge in [0.25, 0.3) is 5.91 Å². The number of likely N-dealkylation sites (tertiary alicyclic amines) is 1.